The Morgan fingerprint density at radius 2 is 1.96 bits per heavy atom. The lowest BCUT2D eigenvalue weighted by atomic mass is 10.1. The minimum Gasteiger partial charge on any atom is -0.451 e. The van der Waals surface area contributed by atoms with Crippen molar-refractivity contribution in [2.24, 2.45) is 0 Å². The van der Waals surface area contributed by atoms with E-state index in [1.807, 2.05) is 6.92 Å². The summed E-state index contributed by atoms with van der Waals surface area (Å²) in [6.07, 6.45) is 0.531. The van der Waals surface area contributed by atoms with Crippen LogP contribution in [0, 0.1) is 0 Å². The lowest BCUT2D eigenvalue weighted by molar-refractivity contribution is -0.119. The van der Waals surface area contributed by atoms with E-state index in [0.717, 1.165) is 16.4 Å². The molecule has 2 heterocycles. The zero-order valence-electron chi connectivity index (χ0n) is 13.9. The van der Waals surface area contributed by atoms with Gasteiger partial charge in [-0.1, -0.05) is 11.4 Å². The fourth-order valence-corrected chi connectivity index (χ4v) is 3.07. The Balaban J connectivity index is 1.62. The van der Waals surface area contributed by atoms with Gasteiger partial charge >= 0.3 is 5.97 Å². The van der Waals surface area contributed by atoms with Gasteiger partial charge in [-0.25, -0.2) is 4.79 Å². The van der Waals surface area contributed by atoms with Crippen LogP contribution in [0.2, 0.25) is 0 Å². The fraction of sp³-hybridized carbons (Fsp3) is 0.250. The van der Waals surface area contributed by atoms with Gasteiger partial charge in [0.1, 0.15) is 0 Å². The first-order valence-corrected chi connectivity index (χ1v) is 8.44. The maximum Gasteiger partial charge on any atom is 0.352 e. The van der Waals surface area contributed by atoms with E-state index in [4.69, 9.17) is 4.74 Å². The Hall–Kier alpha value is -3.14. The third-order valence-electron chi connectivity index (χ3n) is 3.78. The standard InChI is InChI=1S/C16H14N4O5S/c1-3-11-13(26-19-18-11)16(24)25-7-12(21)17-8-4-5-9-10(6-8)15(23)20(2)14(9)22/h4-6H,3,7H2,1-2H3,(H,17,21). The van der Waals surface area contributed by atoms with Crippen molar-refractivity contribution >= 4 is 40.9 Å². The maximum atomic E-state index is 12.0. The van der Waals surface area contributed by atoms with E-state index < -0.39 is 24.4 Å². The van der Waals surface area contributed by atoms with Gasteiger partial charge in [-0.3, -0.25) is 19.3 Å². The topological polar surface area (TPSA) is 119 Å². The summed E-state index contributed by atoms with van der Waals surface area (Å²) in [6, 6.07) is 4.39. The average Bonchev–Trinajstić information content (AvgIpc) is 3.20. The summed E-state index contributed by atoms with van der Waals surface area (Å²) in [5, 5.41) is 6.33. The summed E-state index contributed by atoms with van der Waals surface area (Å²) >= 11 is 0.911. The van der Waals surface area contributed by atoms with Gasteiger partial charge in [-0.2, -0.15) is 0 Å². The summed E-state index contributed by atoms with van der Waals surface area (Å²) in [7, 11) is 1.39. The molecule has 26 heavy (non-hydrogen) atoms. The van der Waals surface area contributed by atoms with Crippen molar-refractivity contribution in [3.63, 3.8) is 0 Å². The molecule has 0 saturated carbocycles. The van der Waals surface area contributed by atoms with Crippen molar-refractivity contribution in [3.8, 4) is 0 Å². The number of benzene rings is 1. The molecule has 3 amide bonds. The Bertz CT molecular complexity index is 923. The molecule has 1 aromatic carbocycles. The summed E-state index contributed by atoms with van der Waals surface area (Å²) in [4.78, 5) is 49.0. The first kappa shape index (κ1) is 17.7. The largest absolute Gasteiger partial charge is 0.451 e. The monoisotopic (exact) mass is 374 g/mol. The molecular formula is C16H14N4O5S. The van der Waals surface area contributed by atoms with Crippen LogP contribution in [0.15, 0.2) is 18.2 Å². The van der Waals surface area contributed by atoms with E-state index in [2.05, 4.69) is 14.9 Å². The Morgan fingerprint density at radius 1 is 1.23 bits per heavy atom. The molecule has 0 atom stereocenters. The molecule has 0 unspecified atom stereocenters. The van der Waals surface area contributed by atoms with Gasteiger partial charge < -0.3 is 10.1 Å². The summed E-state index contributed by atoms with van der Waals surface area (Å²) < 4.78 is 8.65. The molecule has 1 N–H and O–H groups in total. The van der Waals surface area contributed by atoms with Crippen molar-refractivity contribution in [2.75, 3.05) is 19.0 Å². The molecule has 0 radical (unpaired) electrons. The summed E-state index contributed by atoms with van der Waals surface area (Å²) in [5.74, 6) is -2.05. The van der Waals surface area contributed by atoms with Gasteiger partial charge in [0.15, 0.2) is 11.5 Å². The van der Waals surface area contributed by atoms with Crippen LogP contribution in [-0.4, -0.2) is 51.8 Å². The number of aromatic nitrogens is 2. The molecule has 10 heteroatoms. The predicted octanol–water partition coefficient (Wildman–Crippen LogP) is 1.12. The Kier molecular flexibility index (Phi) is 4.76. The number of carbonyl (C=O) groups excluding carboxylic acids is 4. The molecule has 0 aliphatic carbocycles. The van der Waals surface area contributed by atoms with Gasteiger partial charge in [-0.05, 0) is 36.2 Å². The van der Waals surface area contributed by atoms with E-state index in [-0.39, 0.29) is 21.9 Å². The van der Waals surface area contributed by atoms with Gasteiger partial charge in [-0.15, -0.1) is 5.10 Å². The van der Waals surface area contributed by atoms with Crippen LogP contribution in [0.4, 0.5) is 5.69 Å². The normalized spacial score (nSPS) is 12.9. The number of carbonyl (C=O) groups is 4. The van der Waals surface area contributed by atoms with Crippen LogP contribution in [0.1, 0.15) is 43.0 Å². The first-order chi connectivity index (χ1) is 12.4. The molecule has 134 valence electrons. The van der Waals surface area contributed by atoms with Crippen LogP contribution < -0.4 is 5.32 Å². The second-order valence-corrected chi connectivity index (χ2v) is 6.21. The molecule has 3 rings (SSSR count). The second-order valence-electron chi connectivity index (χ2n) is 5.46. The molecule has 0 fully saturated rings. The number of nitrogens with zero attached hydrogens (tertiary/aromatic N) is 3. The highest BCUT2D eigenvalue weighted by Crippen LogP contribution is 2.24. The van der Waals surface area contributed by atoms with Crippen molar-refractivity contribution in [2.45, 2.75) is 13.3 Å². The van der Waals surface area contributed by atoms with Crippen LogP contribution in [0.5, 0.6) is 0 Å². The third-order valence-corrected chi connectivity index (χ3v) is 4.53. The Labute approximate surface area is 152 Å². The molecule has 2 aromatic rings. The smallest absolute Gasteiger partial charge is 0.352 e. The average molecular weight is 374 g/mol. The van der Waals surface area contributed by atoms with Crippen LogP contribution >= 0.6 is 11.5 Å². The first-order valence-electron chi connectivity index (χ1n) is 7.67. The minimum atomic E-state index is -0.664. The molecule has 1 aromatic heterocycles. The van der Waals surface area contributed by atoms with Gasteiger partial charge in [0.2, 0.25) is 0 Å². The van der Waals surface area contributed by atoms with Crippen molar-refractivity contribution in [1.29, 1.82) is 0 Å². The highest BCUT2D eigenvalue weighted by molar-refractivity contribution is 7.07. The summed E-state index contributed by atoms with van der Waals surface area (Å²) in [6.45, 7) is 1.33. The van der Waals surface area contributed by atoms with Crippen molar-refractivity contribution in [3.05, 3.63) is 39.9 Å². The molecule has 0 bridgehead atoms. The van der Waals surface area contributed by atoms with E-state index in [0.29, 0.717) is 17.8 Å². The molecule has 1 aliphatic heterocycles. The number of hydrogen-bond donors (Lipinski definition) is 1. The molecular weight excluding hydrogens is 360 g/mol. The lowest BCUT2D eigenvalue weighted by Gasteiger charge is -2.07. The second kappa shape index (κ2) is 7.00. The van der Waals surface area contributed by atoms with Gasteiger partial charge in [0.05, 0.1) is 16.8 Å². The Morgan fingerprint density at radius 3 is 2.69 bits per heavy atom. The minimum absolute atomic E-state index is 0.218. The number of fused-ring (bicyclic) bond motifs is 1. The predicted molar refractivity (Wildman–Crippen MR) is 91.1 cm³/mol. The van der Waals surface area contributed by atoms with Gasteiger partial charge in [0.25, 0.3) is 17.7 Å². The van der Waals surface area contributed by atoms with E-state index in [1.165, 1.54) is 25.2 Å². The number of esters is 1. The molecule has 9 nitrogen and oxygen atoms in total. The van der Waals surface area contributed by atoms with E-state index in [9.17, 15) is 19.2 Å². The number of nitrogens with one attached hydrogen (secondary N) is 1. The number of imide groups is 1. The number of rotatable bonds is 5. The zero-order chi connectivity index (χ0) is 18.8. The summed E-state index contributed by atoms with van der Waals surface area (Å²) in [5.41, 5.74) is 1.35. The number of amides is 3. The zero-order valence-corrected chi connectivity index (χ0v) is 14.8. The third kappa shape index (κ3) is 3.18. The number of ether oxygens (including phenoxy) is 1. The van der Waals surface area contributed by atoms with Gasteiger partial charge in [0, 0.05) is 12.7 Å². The maximum absolute atomic E-state index is 12.0. The quantitative estimate of drug-likeness (QED) is 0.615. The number of aryl methyl sites for hydroxylation is 1. The van der Waals surface area contributed by atoms with Crippen LogP contribution in [0.25, 0.3) is 0 Å². The number of anilines is 1. The van der Waals surface area contributed by atoms with Crippen molar-refractivity contribution < 1.29 is 23.9 Å². The molecule has 0 saturated heterocycles. The van der Waals surface area contributed by atoms with Crippen LogP contribution in [-0.2, 0) is 16.0 Å². The fourth-order valence-electron chi connectivity index (χ4n) is 2.43. The highest BCUT2D eigenvalue weighted by Gasteiger charge is 2.32. The van der Waals surface area contributed by atoms with E-state index in [1.54, 1.807) is 0 Å². The molecule has 1 aliphatic rings. The molecule has 0 spiro atoms. The number of hydrogen-bond acceptors (Lipinski definition) is 8. The van der Waals surface area contributed by atoms with Crippen molar-refractivity contribution in [1.82, 2.24) is 14.5 Å². The lowest BCUT2D eigenvalue weighted by Crippen LogP contribution is -2.24. The highest BCUT2D eigenvalue weighted by atomic mass is 32.1. The van der Waals surface area contributed by atoms with Crippen LogP contribution in [0.3, 0.4) is 0 Å². The van der Waals surface area contributed by atoms with E-state index >= 15 is 0 Å². The SMILES string of the molecule is CCc1nnsc1C(=O)OCC(=O)Nc1ccc2c(c1)C(=O)N(C)C2=O.